The average molecular weight is 259 g/mol. The molecule has 0 fully saturated rings. The van der Waals surface area contributed by atoms with Crippen molar-refractivity contribution in [1.82, 2.24) is 0 Å². The first-order valence-electron chi connectivity index (χ1n) is 0. The van der Waals surface area contributed by atoms with Gasteiger partial charge in [0.05, 0.1) is 0 Å². The topological polar surface area (TPSA) is 0 Å². The van der Waals surface area contributed by atoms with Gasteiger partial charge in [-0.1, -0.05) is 0 Å². The molecule has 0 rings (SSSR count). The molecule has 0 aromatic carbocycles. The molecule has 0 aromatic rings. The van der Waals surface area contributed by atoms with Crippen LogP contribution in [0.2, 0.25) is 0 Å². The summed E-state index contributed by atoms with van der Waals surface area (Å²) in [5.74, 6) is 0. The van der Waals surface area contributed by atoms with Crippen LogP contribution in [0.25, 0.3) is 0 Å². The van der Waals surface area contributed by atoms with E-state index in [0.717, 1.165) is 0 Å². The summed E-state index contributed by atoms with van der Waals surface area (Å²) in [6.07, 6.45) is 0. The first kappa shape index (κ1) is 27.9. The normalized spacial score (nSPS) is 0. The summed E-state index contributed by atoms with van der Waals surface area (Å²) >= 11 is 0. The molecule has 0 unspecified atom stereocenters. The maximum Gasteiger partial charge on any atom is 2.00 e. The third kappa shape index (κ3) is 8.90. The zero-order valence-corrected chi connectivity index (χ0v) is 8.57. The van der Waals surface area contributed by atoms with E-state index in [9.17, 15) is 0 Å². The van der Waals surface area contributed by atoms with Gasteiger partial charge in [0.2, 0.25) is 0 Å². The van der Waals surface area contributed by atoms with Crippen molar-refractivity contribution in [2.75, 3.05) is 0 Å². The van der Waals surface area contributed by atoms with E-state index in [4.69, 9.17) is 0 Å². The summed E-state index contributed by atoms with van der Waals surface area (Å²) in [5, 5.41) is 0. The van der Waals surface area contributed by atoms with Gasteiger partial charge in [-0.2, -0.15) is 0 Å². The summed E-state index contributed by atoms with van der Waals surface area (Å²) in [6, 6.07) is 0. The maximum absolute atomic E-state index is 0. The van der Waals surface area contributed by atoms with Gasteiger partial charge in [-0.05, 0) is 0 Å². The Hall–Kier alpha value is 3.03. The maximum atomic E-state index is 0. The van der Waals surface area contributed by atoms with Crippen LogP contribution in [0.1, 0.15) is 2.85 Å². The average Bonchev–Trinajstić information content (AvgIpc) is 0. The first-order chi connectivity index (χ1) is 0. The number of hydrogen-bond acceptors (Lipinski definition) is 0. The van der Waals surface area contributed by atoms with E-state index in [1.54, 1.807) is 0 Å². The summed E-state index contributed by atoms with van der Waals surface area (Å²) in [6.45, 7) is 0. The first-order valence-corrected chi connectivity index (χ1v) is 0. The molecular weight excluding hydrogens is 257 g/mol. The van der Waals surface area contributed by atoms with Crippen LogP contribution in [0.5, 0.6) is 0 Å². The molecule has 0 atom stereocenters. The molecule has 4 heavy (non-hydrogen) atoms. The van der Waals surface area contributed by atoms with E-state index in [0.29, 0.717) is 0 Å². The van der Waals surface area contributed by atoms with E-state index < -0.39 is 0 Å². The van der Waals surface area contributed by atoms with Crippen molar-refractivity contribution in [2.45, 2.75) is 0 Å². The fourth-order valence-corrected chi connectivity index (χ4v) is 0. The van der Waals surface area contributed by atoms with E-state index in [1.165, 1.54) is 0 Å². The van der Waals surface area contributed by atoms with Crippen molar-refractivity contribution >= 4 is 45.5 Å². The second-order valence-electron chi connectivity index (χ2n) is 0. The van der Waals surface area contributed by atoms with Crippen molar-refractivity contribution < 1.29 is 53.8 Å². The quantitative estimate of drug-likeness (QED) is 0.530. The van der Waals surface area contributed by atoms with Crippen LogP contribution in [0, 0.1) is 0 Å². The minimum atomic E-state index is 0. The molecule has 0 N–H and O–H groups in total. The molecule has 0 heterocycles. The van der Waals surface area contributed by atoms with Crippen molar-refractivity contribution in [3.05, 3.63) is 0 Å². The van der Waals surface area contributed by atoms with Crippen molar-refractivity contribution in [2.24, 2.45) is 0 Å². The Bertz CT molecular complexity index is 13.5. The van der Waals surface area contributed by atoms with Gasteiger partial charge in [-0.25, -0.2) is 0 Å². The molecule has 0 aliphatic carbocycles. The van der Waals surface area contributed by atoms with E-state index >= 15 is 0 Å². The molecule has 0 nitrogen and oxygen atoms in total. The van der Waals surface area contributed by atoms with Crippen LogP contribution in [0.4, 0.5) is 0 Å². The molecule has 0 saturated carbocycles. The van der Waals surface area contributed by atoms with Gasteiger partial charge in [0.15, 0.2) is 0 Å². The van der Waals surface area contributed by atoms with Crippen LogP contribution in [-0.4, -0.2) is 45.5 Å². The van der Waals surface area contributed by atoms with E-state index in [-0.39, 0.29) is 99.3 Å². The van der Waals surface area contributed by atoms with E-state index in [1.807, 2.05) is 0 Å². The van der Waals surface area contributed by atoms with Gasteiger partial charge >= 0.3 is 45.5 Å². The molecule has 0 spiro atoms. The van der Waals surface area contributed by atoms with Gasteiger partial charge in [0, 0.05) is 50.9 Å². The Morgan fingerprint density at radius 1 is 1.25 bits per heavy atom. The Morgan fingerprint density at radius 2 is 1.25 bits per heavy atom. The fraction of sp³-hybridized carbons (Fsp3) is 0. The molecule has 4 heteroatoms. The minimum Gasteiger partial charge on any atom is -1.00 e. The van der Waals surface area contributed by atoms with Gasteiger partial charge < -0.3 is 2.85 Å². The smallest absolute Gasteiger partial charge is 1.00 e. The molecule has 0 amide bonds. The van der Waals surface area contributed by atoms with Crippen molar-refractivity contribution in [3.63, 3.8) is 0 Å². The molecule has 0 bridgehead atoms. The van der Waals surface area contributed by atoms with Crippen LogP contribution in [0.15, 0.2) is 0 Å². The van der Waals surface area contributed by atoms with Crippen LogP contribution < -0.4 is 0 Å². The molecular formula is H2CoFeMnSr. The Labute approximate surface area is 97.2 Å². The monoisotopic (exact) mass is 260 g/mol. The number of rotatable bonds is 0. The van der Waals surface area contributed by atoms with Gasteiger partial charge in [0.25, 0.3) is 0 Å². The van der Waals surface area contributed by atoms with Crippen LogP contribution in [-0.2, 0) is 50.9 Å². The molecule has 0 saturated heterocycles. The molecule has 28 valence electrons. The van der Waals surface area contributed by atoms with Gasteiger partial charge in [-0.3, -0.25) is 0 Å². The third-order valence-electron chi connectivity index (χ3n) is 0. The van der Waals surface area contributed by atoms with Crippen molar-refractivity contribution in [1.29, 1.82) is 0 Å². The molecule has 0 aliphatic rings. The van der Waals surface area contributed by atoms with Crippen LogP contribution >= 0.6 is 0 Å². The van der Waals surface area contributed by atoms with Crippen molar-refractivity contribution in [3.8, 4) is 0 Å². The summed E-state index contributed by atoms with van der Waals surface area (Å²) in [5.41, 5.74) is 0. The SMILES string of the molecule is [Co].[Fe].[H-].[H-].[Mn].[Sr+2]. The van der Waals surface area contributed by atoms with Gasteiger partial charge in [0.1, 0.15) is 0 Å². The molecule has 0 aromatic heterocycles. The molecule has 0 aliphatic heterocycles. The second kappa shape index (κ2) is 16.6. The predicted octanol–water partition coefficient (Wildman–Crippen LogP) is -0.163. The summed E-state index contributed by atoms with van der Waals surface area (Å²) in [7, 11) is 0. The zero-order chi connectivity index (χ0) is 0. The zero-order valence-electron chi connectivity index (χ0n) is 3.77. The standard InChI is InChI=1S/Co.Fe.Mn.Sr.2H/q;;;+2;2*-1. The van der Waals surface area contributed by atoms with Crippen LogP contribution in [0.3, 0.4) is 0 Å². The minimum absolute atomic E-state index is 0. The summed E-state index contributed by atoms with van der Waals surface area (Å²) in [4.78, 5) is 0. The van der Waals surface area contributed by atoms with Gasteiger partial charge in [-0.15, -0.1) is 0 Å². The predicted molar refractivity (Wildman–Crippen MR) is 7.98 cm³/mol. The third-order valence-corrected chi connectivity index (χ3v) is 0. The number of hydrogen-bond donors (Lipinski definition) is 0. The second-order valence-corrected chi connectivity index (χ2v) is 0. The Balaban J connectivity index is 0. The summed E-state index contributed by atoms with van der Waals surface area (Å²) < 4.78 is 0. The Kier molecular flexibility index (Phi) is 116. The molecule has 2 radical (unpaired) electrons. The fourth-order valence-electron chi connectivity index (χ4n) is 0. The van der Waals surface area contributed by atoms with E-state index in [2.05, 4.69) is 0 Å². The largest absolute Gasteiger partial charge is 2.00 e. The Morgan fingerprint density at radius 3 is 1.25 bits per heavy atom.